The zero-order chi connectivity index (χ0) is 15.4. The molecule has 2 rings (SSSR count). The summed E-state index contributed by atoms with van der Waals surface area (Å²) >= 11 is 9.34. The van der Waals surface area contributed by atoms with Gasteiger partial charge in [0.2, 0.25) is 0 Å². The van der Waals surface area contributed by atoms with Crippen LogP contribution in [-0.2, 0) is 6.54 Å². The topological polar surface area (TPSA) is 43.4 Å². The van der Waals surface area contributed by atoms with Crippen molar-refractivity contribution < 1.29 is 9.47 Å². The number of nitrogens with one attached hydrogen (secondary N) is 1. The number of benzene rings is 1. The minimum atomic E-state index is 0.493. The van der Waals surface area contributed by atoms with Gasteiger partial charge in [-0.2, -0.15) is 0 Å². The number of pyridine rings is 1. The molecule has 0 amide bonds. The largest absolute Gasteiger partial charge is 0.493 e. The molecule has 112 valence electrons. The van der Waals surface area contributed by atoms with Gasteiger partial charge in [0, 0.05) is 6.54 Å². The number of halogens is 2. The molecule has 0 atom stereocenters. The van der Waals surface area contributed by atoms with Gasteiger partial charge in [0.05, 0.1) is 30.1 Å². The lowest BCUT2D eigenvalue weighted by Crippen LogP contribution is -2.03. The first-order chi connectivity index (χ1) is 10.0. The Balaban J connectivity index is 2.18. The molecule has 0 bridgehead atoms. The van der Waals surface area contributed by atoms with Crippen molar-refractivity contribution >= 4 is 33.2 Å². The van der Waals surface area contributed by atoms with Gasteiger partial charge in [-0.15, -0.1) is 0 Å². The summed E-state index contributed by atoms with van der Waals surface area (Å²) in [5, 5.41) is 3.83. The van der Waals surface area contributed by atoms with Crippen LogP contribution in [0.4, 0.5) is 5.69 Å². The summed E-state index contributed by atoms with van der Waals surface area (Å²) in [6.45, 7) is 2.56. The van der Waals surface area contributed by atoms with E-state index < -0.39 is 0 Å². The number of hydrogen-bond acceptors (Lipinski definition) is 4. The maximum absolute atomic E-state index is 5.85. The van der Waals surface area contributed by atoms with Crippen molar-refractivity contribution in [2.75, 3.05) is 19.5 Å². The van der Waals surface area contributed by atoms with E-state index in [-0.39, 0.29) is 0 Å². The third-order valence-electron chi connectivity index (χ3n) is 3.03. The first-order valence-electron chi connectivity index (χ1n) is 6.32. The molecule has 0 aliphatic heterocycles. The summed E-state index contributed by atoms with van der Waals surface area (Å²) in [4.78, 5) is 4.21. The minimum absolute atomic E-state index is 0.493. The van der Waals surface area contributed by atoms with Crippen molar-refractivity contribution in [1.82, 2.24) is 4.98 Å². The average molecular weight is 372 g/mol. The van der Waals surface area contributed by atoms with Crippen LogP contribution in [0, 0.1) is 6.92 Å². The van der Waals surface area contributed by atoms with Crippen molar-refractivity contribution in [3.8, 4) is 11.5 Å². The van der Waals surface area contributed by atoms with Gasteiger partial charge < -0.3 is 14.8 Å². The number of hydrogen-bond donors (Lipinski definition) is 1. The lowest BCUT2D eigenvalue weighted by Gasteiger charge is -2.13. The quantitative estimate of drug-likeness (QED) is 0.789. The van der Waals surface area contributed by atoms with E-state index >= 15 is 0 Å². The van der Waals surface area contributed by atoms with Crippen molar-refractivity contribution in [3.05, 3.63) is 45.1 Å². The Bertz CT molecular complexity index is 650. The Labute approximate surface area is 137 Å². The van der Waals surface area contributed by atoms with Crippen molar-refractivity contribution in [2.45, 2.75) is 13.5 Å². The average Bonchev–Trinajstić information content (AvgIpc) is 2.45. The first kappa shape index (κ1) is 15.9. The molecule has 0 unspecified atom stereocenters. The zero-order valence-corrected chi connectivity index (χ0v) is 14.4. The van der Waals surface area contributed by atoms with Crippen LogP contribution in [0.5, 0.6) is 11.5 Å². The van der Waals surface area contributed by atoms with Crippen LogP contribution in [0.1, 0.15) is 11.3 Å². The highest BCUT2D eigenvalue weighted by Crippen LogP contribution is 2.36. The monoisotopic (exact) mass is 370 g/mol. The molecule has 0 radical (unpaired) electrons. The van der Waals surface area contributed by atoms with E-state index in [0.29, 0.717) is 23.2 Å². The van der Waals surface area contributed by atoms with Crippen molar-refractivity contribution in [2.24, 2.45) is 0 Å². The third-order valence-corrected chi connectivity index (χ3v) is 3.83. The highest BCUT2D eigenvalue weighted by molar-refractivity contribution is 9.10. The molecule has 2 aromatic rings. The van der Waals surface area contributed by atoms with Gasteiger partial charge in [-0.05, 0) is 52.7 Å². The van der Waals surface area contributed by atoms with Gasteiger partial charge in [0.15, 0.2) is 11.5 Å². The minimum Gasteiger partial charge on any atom is -0.493 e. The summed E-state index contributed by atoms with van der Waals surface area (Å²) in [5.74, 6) is 1.38. The predicted octanol–water partition coefficient (Wildman–Crippen LogP) is 4.44. The molecule has 0 saturated heterocycles. The predicted molar refractivity (Wildman–Crippen MR) is 88.6 cm³/mol. The highest BCUT2D eigenvalue weighted by atomic mass is 79.9. The van der Waals surface area contributed by atoms with Crippen LogP contribution in [0.25, 0.3) is 0 Å². The maximum atomic E-state index is 5.85. The Kier molecular flexibility index (Phi) is 5.31. The molecule has 1 heterocycles. The van der Waals surface area contributed by atoms with Crippen molar-refractivity contribution in [3.63, 3.8) is 0 Å². The van der Waals surface area contributed by atoms with Crippen LogP contribution < -0.4 is 14.8 Å². The van der Waals surface area contributed by atoms with E-state index in [1.165, 1.54) is 0 Å². The van der Waals surface area contributed by atoms with Gasteiger partial charge in [-0.25, -0.2) is 4.98 Å². The molecule has 1 aromatic carbocycles. The van der Waals surface area contributed by atoms with Crippen LogP contribution in [-0.4, -0.2) is 19.2 Å². The summed E-state index contributed by atoms with van der Waals surface area (Å²) in [7, 11) is 3.23. The second-order valence-corrected chi connectivity index (χ2v) is 5.68. The molecule has 1 N–H and O–H groups in total. The Hall–Kier alpha value is -1.46. The number of rotatable bonds is 5. The van der Waals surface area contributed by atoms with Gasteiger partial charge in [0.25, 0.3) is 0 Å². The number of anilines is 1. The fraction of sp³-hybridized carbons (Fsp3) is 0.267. The molecule has 6 heteroatoms. The Morgan fingerprint density at radius 2 is 2.00 bits per heavy atom. The van der Waals surface area contributed by atoms with Gasteiger partial charge in [0.1, 0.15) is 5.15 Å². The van der Waals surface area contributed by atoms with Gasteiger partial charge in [-0.1, -0.05) is 11.6 Å². The van der Waals surface area contributed by atoms with Gasteiger partial charge in [-0.3, -0.25) is 0 Å². The molecule has 21 heavy (non-hydrogen) atoms. The van der Waals surface area contributed by atoms with Crippen molar-refractivity contribution in [1.29, 1.82) is 0 Å². The molecule has 1 aromatic heterocycles. The fourth-order valence-corrected chi connectivity index (χ4v) is 2.83. The lowest BCUT2D eigenvalue weighted by atomic mass is 10.2. The number of aromatic nitrogens is 1. The molecule has 0 spiro atoms. The maximum Gasteiger partial charge on any atom is 0.174 e. The number of nitrogens with zero attached hydrogens (tertiary/aromatic N) is 1. The molecular weight excluding hydrogens is 356 g/mol. The zero-order valence-electron chi connectivity index (χ0n) is 12.0. The second-order valence-electron chi connectivity index (χ2n) is 4.43. The first-order valence-corrected chi connectivity index (χ1v) is 7.49. The smallest absolute Gasteiger partial charge is 0.174 e. The van der Waals surface area contributed by atoms with E-state index in [2.05, 4.69) is 26.2 Å². The number of aryl methyl sites for hydroxylation is 1. The normalized spacial score (nSPS) is 10.3. The summed E-state index contributed by atoms with van der Waals surface area (Å²) < 4.78 is 11.5. The summed E-state index contributed by atoms with van der Waals surface area (Å²) in [6.07, 6.45) is 0. The molecule has 4 nitrogen and oxygen atoms in total. The third kappa shape index (κ3) is 3.80. The van der Waals surface area contributed by atoms with E-state index in [1.807, 2.05) is 25.1 Å². The molecule has 0 saturated carbocycles. The molecule has 0 fully saturated rings. The molecular formula is C15H16BrClN2O2. The lowest BCUT2D eigenvalue weighted by molar-refractivity contribution is 0.352. The van der Waals surface area contributed by atoms with E-state index in [9.17, 15) is 0 Å². The van der Waals surface area contributed by atoms with E-state index in [1.54, 1.807) is 20.3 Å². The summed E-state index contributed by atoms with van der Waals surface area (Å²) in [6, 6.07) is 7.62. The van der Waals surface area contributed by atoms with E-state index in [0.717, 1.165) is 21.4 Å². The van der Waals surface area contributed by atoms with Crippen LogP contribution in [0.3, 0.4) is 0 Å². The second kappa shape index (κ2) is 7.00. The molecule has 0 aliphatic rings. The molecule has 0 aliphatic carbocycles. The van der Waals surface area contributed by atoms with E-state index in [4.69, 9.17) is 21.1 Å². The summed E-state index contributed by atoms with van der Waals surface area (Å²) in [5.41, 5.74) is 2.88. The Morgan fingerprint density at radius 3 is 2.62 bits per heavy atom. The number of methoxy groups -OCH3 is 2. The van der Waals surface area contributed by atoms with Crippen LogP contribution in [0.2, 0.25) is 5.15 Å². The highest BCUT2D eigenvalue weighted by Gasteiger charge is 2.10. The fourth-order valence-electron chi connectivity index (χ4n) is 1.99. The Morgan fingerprint density at radius 1 is 1.24 bits per heavy atom. The van der Waals surface area contributed by atoms with Gasteiger partial charge >= 0.3 is 0 Å². The standard InChI is InChI=1S/C15H16BrClN2O2/c1-9-12(4-5-14(17)19-9)18-8-10-6-11(16)15(21-3)13(7-10)20-2/h4-7,18H,8H2,1-3H3. The number of ether oxygens (including phenoxy) is 2. The SMILES string of the molecule is COc1cc(CNc2ccc(Cl)nc2C)cc(Br)c1OC. The van der Waals surface area contributed by atoms with Crippen LogP contribution in [0.15, 0.2) is 28.7 Å². The van der Waals surface area contributed by atoms with Crippen LogP contribution >= 0.6 is 27.5 Å².